The molecule has 0 amide bonds. The third-order valence-electron chi connectivity index (χ3n) is 7.74. The highest BCUT2D eigenvalue weighted by Crippen LogP contribution is 2.36. The van der Waals surface area contributed by atoms with Gasteiger partial charge >= 0.3 is 0 Å². The lowest BCUT2D eigenvalue weighted by Crippen LogP contribution is -1.99. The maximum Gasteiger partial charge on any atom is 0.0973 e. The molecule has 0 aliphatic heterocycles. The Morgan fingerprint density at radius 2 is 0.690 bits per heavy atom. The van der Waals surface area contributed by atoms with Crippen LogP contribution in [0.3, 0.4) is 0 Å². The highest BCUT2D eigenvalue weighted by molar-refractivity contribution is 5.90. The van der Waals surface area contributed by atoms with Crippen molar-refractivity contribution in [2.75, 3.05) is 0 Å². The van der Waals surface area contributed by atoms with E-state index in [2.05, 4.69) is 100 Å². The van der Waals surface area contributed by atoms with Gasteiger partial charge in [0.1, 0.15) is 0 Å². The number of hydrogen-bond donors (Lipinski definition) is 0. The van der Waals surface area contributed by atoms with Crippen molar-refractivity contribution < 1.29 is 0 Å². The minimum Gasteiger partial charge on any atom is -0.244 e. The number of nitrogens with zero attached hydrogens (tertiary/aromatic N) is 4. The number of rotatable bonds is 4. The second-order valence-corrected chi connectivity index (χ2v) is 11.1. The van der Waals surface area contributed by atoms with Crippen LogP contribution in [0.5, 0.6) is 0 Å². The summed E-state index contributed by atoms with van der Waals surface area (Å²) in [5, 5.41) is 0. The van der Waals surface area contributed by atoms with Crippen molar-refractivity contribution in [1.82, 2.24) is 19.9 Å². The SMILES string of the molecule is Cc1cc(C)c2nc(-c3ccccc3)c(-c3ccc(-c4nc5c(C)cc(C)cc5nc4-c4ccccc4)cc3)nc2c1. The van der Waals surface area contributed by atoms with Crippen LogP contribution in [-0.2, 0) is 0 Å². The van der Waals surface area contributed by atoms with Gasteiger partial charge in [0.25, 0.3) is 0 Å². The van der Waals surface area contributed by atoms with Gasteiger partial charge in [-0.15, -0.1) is 0 Å². The van der Waals surface area contributed by atoms with Crippen molar-refractivity contribution in [3.05, 3.63) is 131 Å². The zero-order chi connectivity index (χ0) is 28.8. The fourth-order valence-electron chi connectivity index (χ4n) is 5.80. The third-order valence-corrected chi connectivity index (χ3v) is 7.74. The molecule has 0 spiro atoms. The number of hydrogen-bond acceptors (Lipinski definition) is 4. The molecule has 0 fully saturated rings. The lowest BCUT2D eigenvalue weighted by atomic mass is 9.99. The molecule has 7 rings (SSSR count). The molecule has 4 nitrogen and oxygen atoms in total. The van der Waals surface area contributed by atoms with Gasteiger partial charge in [-0.1, -0.05) is 97.1 Å². The Morgan fingerprint density at radius 3 is 1.07 bits per heavy atom. The van der Waals surface area contributed by atoms with Crippen molar-refractivity contribution >= 4 is 22.1 Å². The third kappa shape index (κ3) is 4.61. The second-order valence-electron chi connectivity index (χ2n) is 11.1. The molecule has 7 aromatic rings. The number of aromatic nitrogens is 4. The molecule has 42 heavy (non-hydrogen) atoms. The van der Waals surface area contributed by atoms with Crippen LogP contribution in [0.4, 0.5) is 0 Å². The van der Waals surface area contributed by atoms with E-state index in [1.165, 1.54) is 11.1 Å². The maximum absolute atomic E-state index is 5.20. The molecular formula is C38H30N4. The normalized spacial score (nSPS) is 11.3. The van der Waals surface area contributed by atoms with Crippen molar-refractivity contribution in [3.8, 4) is 45.0 Å². The molecule has 0 unspecified atom stereocenters. The number of aryl methyl sites for hydroxylation is 4. The summed E-state index contributed by atoms with van der Waals surface area (Å²) in [5.41, 5.74) is 15.9. The molecule has 0 atom stereocenters. The summed E-state index contributed by atoms with van der Waals surface area (Å²) in [6, 6.07) is 37.7. The van der Waals surface area contributed by atoms with Crippen molar-refractivity contribution in [2.24, 2.45) is 0 Å². The van der Waals surface area contributed by atoms with Gasteiger partial charge in [0, 0.05) is 22.3 Å². The molecule has 2 heterocycles. The quantitative estimate of drug-likeness (QED) is 0.222. The Balaban J connectivity index is 1.41. The molecular weight excluding hydrogens is 512 g/mol. The summed E-state index contributed by atoms with van der Waals surface area (Å²) in [6.07, 6.45) is 0. The van der Waals surface area contributed by atoms with Crippen molar-refractivity contribution in [2.45, 2.75) is 27.7 Å². The fourth-order valence-corrected chi connectivity index (χ4v) is 5.80. The Kier molecular flexibility index (Phi) is 6.32. The van der Waals surface area contributed by atoms with Gasteiger partial charge in [-0.25, -0.2) is 19.9 Å². The van der Waals surface area contributed by atoms with Crippen LogP contribution >= 0.6 is 0 Å². The van der Waals surface area contributed by atoms with E-state index in [4.69, 9.17) is 19.9 Å². The smallest absolute Gasteiger partial charge is 0.0973 e. The van der Waals surface area contributed by atoms with Gasteiger partial charge in [-0.3, -0.25) is 0 Å². The molecule has 5 aromatic carbocycles. The predicted molar refractivity (Wildman–Crippen MR) is 173 cm³/mol. The average molecular weight is 543 g/mol. The molecule has 0 saturated heterocycles. The standard InChI is InChI=1S/C38H30N4/c1-23-20-26(4)34-31(21-23)39-35(27-11-7-5-8-12-27)38(42-34)30-17-15-29(16-18-30)36-37(28-13-9-6-10-14-28)41-33-25(3)19-24(2)22-32(33)40-36/h5-22H,1-4H3. The van der Waals surface area contributed by atoms with Crippen LogP contribution < -0.4 is 0 Å². The lowest BCUT2D eigenvalue weighted by molar-refractivity contribution is 1.25. The molecule has 0 bridgehead atoms. The molecule has 0 N–H and O–H groups in total. The van der Waals surface area contributed by atoms with Gasteiger partial charge in [-0.05, 0) is 62.1 Å². The highest BCUT2D eigenvalue weighted by Gasteiger charge is 2.17. The Morgan fingerprint density at radius 1 is 0.357 bits per heavy atom. The van der Waals surface area contributed by atoms with Gasteiger partial charge < -0.3 is 0 Å². The fraction of sp³-hybridized carbons (Fsp3) is 0.105. The zero-order valence-electron chi connectivity index (χ0n) is 24.2. The van der Waals surface area contributed by atoms with Crippen LogP contribution in [0.25, 0.3) is 67.1 Å². The van der Waals surface area contributed by atoms with Crippen molar-refractivity contribution in [1.29, 1.82) is 0 Å². The summed E-state index contributed by atoms with van der Waals surface area (Å²) in [7, 11) is 0. The van der Waals surface area contributed by atoms with Crippen LogP contribution in [-0.4, -0.2) is 19.9 Å². The summed E-state index contributed by atoms with van der Waals surface area (Å²) in [6.45, 7) is 8.41. The summed E-state index contributed by atoms with van der Waals surface area (Å²) in [5.74, 6) is 0. The topological polar surface area (TPSA) is 51.6 Å². The summed E-state index contributed by atoms with van der Waals surface area (Å²) in [4.78, 5) is 20.7. The summed E-state index contributed by atoms with van der Waals surface area (Å²) >= 11 is 0. The minimum atomic E-state index is 0.865. The molecule has 202 valence electrons. The monoisotopic (exact) mass is 542 g/mol. The Hall–Kier alpha value is -5.22. The van der Waals surface area contributed by atoms with Crippen LogP contribution in [0, 0.1) is 27.7 Å². The van der Waals surface area contributed by atoms with Crippen LogP contribution in [0.2, 0.25) is 0 Å². The maximum atomic E-state index is 5.20. The number of benzene rings is 5. The van der Waals surface area contributed by atoms with Crippen LogP contribution in [0.15, 0.2) is 109 Å². The first-order chi connectivity index (χ1) is 20.4. The van der Waals surface area contributed by atoms with Gasteiger partial charge in [0.15, 0.2) is 0 Å². The predicted octanol–water partition coefficient (Wildman–Crippen LogP) is 9.47. The van der Waals surface area contributed by atoms with Gasteiger partial charge in [-0.2, -0.15) is 0 Å². The van der Waals surface area contributed by atoms with E-state index in [9.17, 15) is 0 Å². The van der Waals surface area contributed by atoms with Gasteiger partial charge in [0.05, 0.1) is 44.8 Å². The van der Waals surface area contributed by atoms with E-state index in [0.29, 0.717) is 0 Å². The first kappa shape index (κ1) is 25.7. The Labute approximate surface area is 245 Å². The van der Waals surface area contributed by atoms with E-state index in [1.807, 2.05) is 36.4 Å². The largest absolute Gasteiger partial charge is 0.244 e. The molecule has 4 heteroatoms. The summed E-state index contributed by atoms with van der Waals surface area (Å²) < 4.78 is 0. The first-order valence-electron chi connectivity index (χ1n) is 14.2. The van der Waals surface area contributed by atoms with E-state index < -0.39 is 0 Å². The van der Waals surface area contributed by atoms with E-state index in [-0.39, 0.29) is 0 Å². The molecule has 0 saturated carbocycles. The minimum absolute atomic E-state index is 0.865. The van der Waals surface area contributed by atoms with Crippen molar-refractivity contribution in [3.63, 3.8) is 0 Å². The van der Waals surface area contributed by atoms with E-state index >= 15 is 0 Å². The lowest BCUT2D eigenvalue weighted by Gasteiger charge is -2.14. The number of fused-ring (bicyclic) bond motifs is 2. The van der Waals surface area contributed by atoms with Crippen LogP contribution in [0.1, 0.15) is 22.3 Å². The average Bonchev–Trinajstić information content (AvgIpc) is 3.01. The Bertz CT molecular complexity index is 2100. The highest BCUT2D eigenvalue weighted by atomic mass is 14.8. The molecule has 0 aliphatic carbocycles. The molecule has 0 radical (unpaired) electrons. The molecule has 2 aromatic heterocycles. The molecule has 0 aliphatic rings. The second kappa shape index (κ2) is 10.3. The first-order valence-corrected chi connectivity index (χ1v) is 14.2. The van der Waals surface area contributed by atoms with E-state index in [1.54, 1.807) is 0 Å². The van der Waals surface area contributed by atoms with Gasteiger partial charge in [0.2, 0.25) is 0 Å². The van der Waals surface area contributed by atoms with E-state index in [0.717, 1.165) is 78.2 Å². The zero-order valence-corrected chi connectivity index (χ0v) is 24.2.